The van der Waals surface area contributed by atoms with Gasteiger partial charge in [-0.3, -0.25) is 9.59 Å². The molecule has 3 aromatic rings. The van der Waals surface area contributed by atoms with Crippen LogP contribution in [0.5, 0.6) is 0 Å². The van der Waals surface area contributed by atoms with Crippen LogP contribution in [0.3, 0.4) is 0 Å². The summed E-state index contributed by atoms with van der Waals surface area (Å²) < 4.78 is 32.6. The first-order chi connectivity index (χ1) is 15.0. The van der Waals surface area contributed by atoms with Gasteiger partial charge in [-0.1, -0.05) is 12.1 Å². The van der Waals surface area contributed by atoms with Gasteiger partial charge in [-0.2, -0.15) is 0 Å². The van der Waals surface area contributed by atoms with Crippen LogP contribution in [0.15, 0.2) is 42.6 Å². The van der Waals surface area contributed by atoms with Crippen molar-refractivity contribution < 1.29 is 23.1 Å². The summed E-state index contributed by atoms with van der Waals surface area (Å²) in [7, 11) is 0. The number of halogens is 2. The molecule has 8 heteroatoms. The van der Waals surface area contributed by atoms with Gasteiger partial charge in [0.25, 0.3) is 0 Å². The molecule has 2 fully saturated rings. The zero-order valence-electron chi connectivity index (χ0n) is 16.6. The van der Waals surface area contributed by atoms with Gasteiger partial charge < -0.3 is 20.4 Å². The highest BCUT2D eigenvalue weighted by molar-refractivity contribution is 6.50. The Morgan fingerprint density at radius 3 is 2.42 bits per heavy atom. The average molecular weight is 425 g/mol. The lowest BCUT2D eigenvalue weighted by Gasteiger charge is -2.35. The maximum Gasteiger partial charge on any atom is 0.225 e. The highest BCUT2D eigenvalue weighted by Gasteiger charge is 2.49. The van der Waals surface area contributed by atoms with Crippen LogP contribution >= 0.6 is 0 Å². The lowest BCUT2D eigenvalue weighted by atomic mass is 9.82. The second-order valence-corrected chi connectivity index (χ2v) is 8.00. The van der Waals surface area contributed by atoms with Crippen LogP contribution in [0, 0.1) is 11.6 Å². The van der Waals surface area contributed by atoms with E-state index in [-0.39, 0.29) is 0 Å². The predicted molar refractivity (Wildman–Crippen MR) is 112 cm³/mol. The quantitative estimate of drug-likeness (QED) is 0.543. The summed E-state index contributed by atoms with van der Waals surface area (Å²) in [5.41, 5.74) is 2.76. The summed E-state index contributed by atoms with van der Waals surface area (Å²) in [4.78, 5) is 27.4. The van der Waals surface area contributed by atoms with Crippen LogP contribution in [-0.4, -0.2) is 41.8 Å². The van der Waals surface area contributed by atoms with Crippen molar-refractivity contribution in [3.8, 4) is 0 Å². The molecule has 31 heavy (non-hydrogen) atoms. The SMILES string of the molecule is O=C1C(=O)C(Nc2c[nH]c3cc(F)c(F)cc23)C1Nc1cccc(C2CCOCC2)c1. The molecule has 2 aromatic carbocycles. The van der Waals surface area contributed by atoms with Crippen molar-refractivity contribution in [2.75, 3.05) is 23.8 Å². The lowest BCUT2D eigenvalue weighted by molar-refractivity contribution is -0.144. The van der Waals surface area contributed by atoms with E-state index in [0.717, 1.165) is 43.9 Å². The van der Waals surface area contributed by atoms with Gasteiger partial charge in [0.05, 0.1) is 11.2 Å². The van der Waals surface area contributed by atoms with E-state index in [1.54, 1.807) is 0 Å². The molecule has 1 saturated carbocycles. The first kappa shape index (κ1) is 19.7. The Hall–Kier alpha value is -3.26. The van der Waals surface area contributed by atoms with Crippen molar-refractivity contribution in [3.63, 3.8) is 0 Å². The number of nitrogens with one attached hydrogen (secondary N) is 3. The van der Waals surface area contributed by atoms with Crippen molar-refractivity contribution in [2.45, 2.75) is 30.8 Å². The van der Waals surface area contributed by atoms with E-state index < -0.39 is 35.3 Å². The second-order valence-electron chi connectivity index (χ2n) is 8.00. The minimum absolute atomic E-state index is 0.396. The smallest absolute Gasteiger partial charge is 0.225 e. The normalized spacial score (nSPS) is 21.9. The molecule has 2 heterocycles. The van der Waals surface area contributed by atoms with Gasteiger partial charge in [0, 0.05) is 36.6 Å². The van der Waals surface area contributed by atoms with E-state index in [1.165, 1.54) is 11.8 Å². The van der Waals surface area contributed by atoms with Gasteiger partial charge >= 0.3 is 0 Å². The molecule has 1 aromatic heterocycles. The molecule has 160 valence electrons. The molecule has 2 atom stereocenters. The number of ether oxygens (including phenoxy) is 1. The number of carbonyl (C=O) groups excluding carboxylic acids is 2. The fraction of sp³-hybridized carbons (Fsp3) is 0.304. The fourth-order valence-electron chi connectivity index (χ4n) is 4.31. The number of anilines is 2. The van der Waals surface area contributed by atoms with Crippen molar-refractivity contribution in [1.82, 2.24) is 4.98 Å². The number of ketones is 2. The van der Waals surface area contributed by atoms with Crippen LogP contribution in [0.4, 0.5) is 20.2 Å². The molecule has 0 radical (unpaired) electrons. The summed E-state index contributed by atoms with van der Waals surface area (Å²) in [6, 6.07) is 8.43. The second kappa shape index (κ2) is 7.77. The van der Waals surface area contributed by atoms with Crippen LogP contribution in [-0.2, 0) is 14.3 Å². The molecule has 2 aliphatic rings. The summed E-state index contributed by atoms with van der Waals surface area (Å²) in [5, 5.41) is 6.58. The third-order valence-corrected chi connectivity index (χ3v) is 6.08. The fourth-order valence-corrected chi connectivity index (χ4v) is 4.31. The van der Waals surface area contributed by atoms with E-state index >= 15 is 0 Å². The van der Waals surface area contributed by atoms with Gasteiger partial charge in [0.2, 0.25) is 11.6 Å². The van der Waals surface area contributed by atoms with Gasteiger partial charge in [0.15, 0.2) is 11.6 Å². The molecular weight excluding hydrogens is 404 g/mol. The van der Waals surface area contributed by atoms with Crippen molar-refractivity contribution in [3.05, 3.63) is 59.8 Å². The van der Waals surface area contributed by atoms with Crippen LogP contribution in [0.2, 0.25) is 0 Å². The van der Waals surface area contributed by atoms with E-state index in [4.69, 9.17) is 4.74 Å². The Kier molecular flexibility index (Phi) is 4.94. The zero-order chi connectivity index (χ0) is 21.5. The Bertz CT molecular complexity index is 1170. The molecule has 1 aliphatic heterocycles. The first-order valence-corrected chi connectivity index (χ1v) is 10.3. The summed E-state index contributed by atoms with van der Waals surface area (Å²) in [6.45, 7) is 1.47. The van der Waals surface area contributed by atoms with Gasteiger partial charge in [-0.05, 0) is 42.5 Å². The number of aromatic amines is 1. The predicted octanol–water partition coefficient (Wildman–Crippen LogP) is 3.75. The highest BCUT2D eigenvalue weighted by Crippen LogP contribution is 2.31. The van der Waals surface area contributed by atoms with E-state index in [1.807, 2.05) is 18.2 Å². The number of Topliss-reactive ketones (excluding diaryl/α,β-unsaturated/α-hetero) is 2. The maximum atomic E-state index is 13.7. The molecule has 0 bridgehead atoms. The third kappa shape index (κ3) is 3.57. The van der Waals surface area contributed by atoms with Crippen molar-refractivity contribution in [2.24, 2.45) is 0 Å². The Morgan fingerprint density at radius 2 is 1.65 bits per heavy atom. The number of hydrogen-bond donors (Lipinski definition) is 3. The molecule has 0 spiro atoms. The summed E-state index contributed by atoms with van der Waals surface area (Å²) in [6.07, 6.45) is 3.43. The van der Waals surface area contributed by atoms with E-state index in [0.29, 0.717) is 22.5 Å². The number of hydrogen-bond acceptors (Lipinski definition) is 5. The van der Waals surface area contributed by atoms with Gasteiger partial charge in [-0.15, -0.1) is 0 Å². The highest BCUT2D eigenvalue weighted by atomic mass is 19.2. The van der Waals surface area contributed by atoms with Crippen LogP contribution < -0.4 is 10.6 Å². The number of aromatic nitrogens is 1. The van der Waals surface area contributed by atoms with Gasteiger partial charge in [-0.25, -0.2) is 8.78 Å². The van der Waals surface area contributed by atoms with Gasteiger partial charge in [0.1, 0.15) is 12.1 Å². The standard InChI is InChI=1S/C23H21F2N3O3/c24-16-9-15-18(10-17(16)25)26-11-19(15)28-21-20(22(29)23(21)30)27-14-3-1-2-13(8-14)12-4-6-31-7-5-12/h1-3,8-12,20-21,26-28H,4-7H2. The minimum Gasteiger partial charge on any atom is -0.381 e. The van der Waals surface area contributed by atoms with Crippen molar-refractivity contribution in [1.29, 1.82) is 0 Å². The first-order valence-electron chi connectivity index (χ1n) is 10.3. The topological polar surface area (TPSA) is 83.2 Å². The molecule has 1 saturated heterocycles. The number of H-pyrrole nitrogens is 1. The summed E-state index contributed by atoms with van der Waals surface area (Å²) in [5.74, 6) is -2.59. The number of fused-ring (bicyclic) bond motifs is 1. The molecule has 5 rings (SSSR count). The van der Waals surface area contributed by atoms with Crippen LogP contribution in [0.1, 0.15) is 24.3 Å². The maximum absolute atomic E-state index is 13.7. The molecule has 0 amide bonds. The van der Waals surface area contributed by atoms with E-state index in [2.05, 4.69) is 21.7 Å². The zero-order valence-corrected chi connectivity index (χ0v) is 16.6. The number of carbonyl (C=O) groups is 2. The Labute approximate surface area is 177 Å². The molecule has 2 unspecified atom stereocenters. The number of benzene rings is 2. The lowest BCUT2D eigenvalue weighted by Crippen LogP contribution is -2.64. The van der Waals surface area contributed by atoms with E-state index in [9.17, 15) is 18.4 Å². The van der Waals surface area contributed by atoms with Crippen LogP contribution in [0.25, 0.3) is 10.9 Å². The largest absolute Gasteiger partial charge is 0.381 e. The minimum atomic E-state index is -0.981. The molecule has 3 N–H and O–H groups in total. The number of rotatable bonds is 5. The monoisotopic (exact) mass is 425 g/mol. The molecule has 6 nitrogen and oxygen atoms in total. The Morgan fingerprint density at radius 1 is 0.935 bits per heavy atom. The molecular formula is C23H21F2N3O3. The summed E-state index contributed by atoms with van der Waals surface area (Å²) >= 11 is 0. The molecule has 1 aliphatic carbocycles. The third-order valence-electron chi connectivity index (χ3n) is 6.08. The van der Waals surface area contributed by atoms with Crippen molar-refractivity contribution >= 4 is 33.8 Å². The Balaban J connectivity index is 1.35. The average Bonchev–Trinajstić information content (AvgIpc) is 3.18.